The zero-order chi connectivity index (χ0) is 9.97. The lowest BCUT2D eigenvalue weighted by atomic mass is 10.2. The second kappa shape index (κ2) is 4.19. The summed E-state index contributed by atoms with van der Waals surface area (Å²) in [5.74, 6) is 0.888. The number of aliphatic hydroxyl groups excluding tert-OH is 1. The minimum atomic E-state index is 0.167. The van der Waals surface area contributed by atoms with E-state index in [1.165, 1.54) is 0 Å². The lowest BCUT2D eigenvalue weighted by Crippen LogP contribution is -2.35. The predicted molar refractivity (Wildman–Crippen MR) is 58.9 cm³/mol. The molecule has 0 aliphatic carbocycles. The van der Waals surface area contributed by atoms with E-state index < -0.39 is 0 Å². The molecule has 1 N–H and O–H groups in total. The van der Waals surface area contributed by atoms with Gasteiger partial charge in [-0.2, -0.15) is 0 Å². The van der Waals surface area contributed by atoms with Gasteiger partial charge < -0.3 is 14.7 Å². The molecule has 0 saturated carbocycles. The van der Waals surface area contributed by atoms with Crippen molar-refractivity contribution in [1.82, 2.24) is 0 Å². The molecule has 0 bridgehead atoms. The summed E-state index contributed by atoms with van der Waals surface area (Å²) in [7, 11) is 0. The average Bonchev–Trinajstić information content (AvgIpc) is 2.19. The molecule has 1 aliphatic heterocycles. The fourth-order valence-corrected chi connectivity index (χ4v) is 2.24. The van der Waals surface area contributed by atoms with Crippen LogP contribution in [0.4, 0.5) is 5.69 Å². The first-order valence-electron chi connectivity index (χ1n) is 4.60. The molecule has 1 aliphatic rings. The number of β-amino-alcohol motifs (C(OH)–C–C–N with tert-alkyl or cyclic N) is 1. The van der Waals surface area contributed by atoms with Crippen molar-refractivity contribution >= 4 is 21.6 Å². The number of para-hydroxylation sites is 1. The minimum Gasteiger partial charge on any atom is -0.490 e. The Balaban J connectivity index is 2.36. The maximum atomic E-state index is 8.94. The number of fused-ring (bicyclic) bond motifs is 1. The SMILES string of the molecule is OCCN1CCOc2cccc(Br)c21. The van der Waals surface area contributed by atoms with E-state index in [-0.39, 0.29) is 6.61 Å². The number of benzene rings is 1. The highest BCUT2D eigenvalue weighted by Gasteiger charge is 2.19. The molecular weight excluding hydrogens is 246 g/mol. The number of rotatable bonds is 2. The molecule has 0 spiro atoms. The van der Waals surface area contributed by atoms with Gasteiger partial charge >= 0.3 is 0 Å². The lowest BCUT2D eigenvalue weighted by Gasteiger charge is -2.31. The smallest absolute Gasteiger partial charge is 0.143 e. The van der Waals surface area contributed by atoms with Crippen molar-refractivity contribution in [2.75, 3.05) is 31.2 Å². The van der Waals surface area contributed by atoms with Crippen molar-refractivity contribution in [2.45, 2.75) is 0 Å². The Bertz CT molecular complexity index is 330. The monoisotopic (exact) mass is 257 g/mol. The molecule has 0 unspecified atom stereocenters. The molecule has 0 fully saturated rings. The average molecular weight is 258 g/mol. The van der Waals surface area contributed by atoms with Crippen LogP contribution in [0.3, 0.4) is 0 Å². The Hall–Kier alpha value is -0.740. The van der Waals surface area contributed by atoms with E-state index in [2.05, 4.69) is 20.8 Å². The van der Waals surface area contributed by atoms with Gasteiger partial charge in [0.05, 0.1) is 18.8 Å². The maximum Gasteiger partial charge on any atom is 0.143 e. The zero-order valence-corrected chi connectivity index (χ0v) is 9.33. The summed E-state index contributed by atoms with van der Waals surface area (Å²) in [5, 5.41) is 8.94. The zero-order valence-electron chi connectivity index (χ0n) is 7.74. The van der Waals surface area contributed by atoms with E-state index in [4.69, 9.17) is 9.84 Å². The van der Waals surface area contributed by atoms with Crippen LogP contribution >= 0.6 is 15.9 Å². The normalized spacial score (nSPS) is 14.9. The van der Waals surface area contributed by atoms with Crippen molar-refractivity contribution in [3.63, 3.8) is 0 Å². The Kier molecular flexibility index (Phi) is 2.93. The third kappa shape index (κ3) is 1.72. The Morgan fingerprint density at radius 3 is 3.14 bits per heavy atom. The van der Waals surface area contributed by atoms with Gasteiger partial charge in [0, 0.05) is 11.0 Å². The van der Waals surface area contributed by atoms with Crippen molar-refractivity contribution in [3.8, 4) is 5.75 Å². The maximum absolute atomic E-state index is 8.94. The van der Waals surface area contributed by atoms with Crippen LogP contribution in [0.5, 0.6) is 5.75 Å². The van der Waals surface area contributed by atoms with Crippen molar-refractivity contribution in [1.29, 1.82) is 0 Å². The van der Waals surface area contributed by atoms with Gasteiger partial charge in [-0.3, -0.25) is 0 Å². The minimum absolute atomic E-state index is 0.167. The predicted octanol–water partition coefficient (Wildman–Crippen LogP) is 1.64. The van der Waals surface area contributed by atoms with E-state index in [0.717, 1.165) is 22.5 Å². The van der Waals surface area contributed by atoms with Crippen LogP contribution in [0.15, 0.2) is 22.7 Å². The number of halogens is 1. The van der Waals surface area contributed by atoms with E-state index >= 15 is 0 Å². The van der Waals surface area contributed by atoms with Crippen LogP contribution in [0, 0.1) is 0 Å². The van der Waals surface area contributed by atoms with E-state index in [1.54, 1.807) is 0 Å². The van der Waals surface area contributed by atoms with Gasteiger partial charge in [-0.15, -0.1) is 0 Å². The molecule has 1 aromatic rings. The number of aliphatic hydroxyl groups is 1. The Morgan fingerprint density at radius 1 is 1.50 bits per heavy atom. The molecule has 0 radical (unpaired) electrons. The molecule has 2 rings (SSSR count). The Labute approximate surface area is 91.4 Å². The number of hydrogen-bond acceptors (Lipinski definition) is 3. The van der Waals surface area contributed by atoms with Gasteiger partial charge in [-0.05, 0) is 28.1 Å². The molecular formula is C10H12BrNO2. The molecule has 14 heavy (non-hydrogen) atoms. The summed E-state index contributed by atoms with van der Waals surface area (Å²) in [6.07, 6.45) is 0. The van der Waals surface area contributed by atoms with Crippen LogP contribution in [0.25, 0.3) is 0 Å². The van der Waals surface area contributed by atoms with Crippen molar-refractivity contribution < 1.29 is 9.84 Å². The van der Waals surface area contributed by atoms with Gasteiger partial charge in [0.25, 0.3) is 0 Å². The summed E-state index contributed by atoms with van der Waals surface area (Å²) in [6, 6.07) is 5.88. The van der Waals surface area contributed by atoms with Crippen LogP contribution in [-0.4, -0.2) is 31.4 Å². The van der Waals surface area contributed by atoms with Crippen LogP contribution in [0.1, 0.15) is 0 Å². The number of ether oxygens (including phenoxy) is 1. The van der Waals surface area contributed by atoms with Crippen LogP contribution in [0.2, 0.25) is 0 Å². The molecule has 0 atom stereocenters. The summed E-state index contributed by atoms with van der Waals surface area (Å²) in [5.41, 5.74) is 1.05. The standard InChI is InChI=1S/C10H12BrNO2/c11-8-2-1-3-9-10(8)12(4-6-13)5-7-14-9/h1-3,13H,4-7H2. The molecule has 1 heterocycles. The first-order valence-corrected chi connectivity index (χ1v) is 5.39. The van der Waals surface area contributed by atoms with Gasteiger partial charge in [-0.25, -0.2) is 0 Å². The highest BCUT2D eigenvalue weighted by atomic mass is 79.9. The molecule has 76 valence electrons. The number of nitrogens with zero attached hydrogens (tertiary/aromatic N) is 1. The topological polar surface area (TPSA) is 32.7 Å². The molecule has 3 nitrogen and oxygen atoms in total. The fourth-order valence-electron chi connectivity index (χ4n) is 1.64. The van der Waals surface area contributed by atoms with Crippen molar-refractivity contribution in [3.05, 3.63) is 22.7 Å². The van der Waals surface area contributed by atoms with Gasteiger partial charge in [0.15, 0.2) is 0 Å². The Morgan fingerprint density at radius 2 is 2.36 bits per heavy atom. The van der Waals surface area contributed by atoms with Gasteiger partial charge in [-0.1, -0.05) is 6.07 Å². The van der Waals surface area contributed by atoms with Gasteiger partial charge in [0.2, 0.25) is 0 Å². The summed E-state index contributed by atoms with van der Waals surface area (Å²) < 4.78 is 6.54. The molecule has 4 heteroatoms. The summed E-state index contributed by atoms with van der Waals surface area (Å²) in [6.45, 7) is 2.33. The van der Waals surface area contributed by atoms with E-state index in [9.17, 15) is 0 Å². The molecule has 0 amide bonds. The van der Waals surface area contributed by atoms with Crippen molar-refractivity contribution in [2.24, 2.45) is 0 Å². The molecule has 1 aromatic carbocycles. The molecule has 0 aromatic heterocycles. The highest BCUT2D eigenvalue weighted by Crippen LogP contribution is 2.37. The van der Waals surface area contributed by atoms with Crippen LogP contribution in [-0.2, 0) is 0 Å². The third-order valence-electron chi connectivity index (χ3n) is 2.25. The van der Waals surface area contributed by atoms with Crippen LogP contribution < -0.4 is 9.64 Å². The number of anilines is 1. The summed E-state index contributed by atoms with van der Waals surface area (Å²) in [4.78, 5) is 2.13. The number of hydrogen-bond donors (Lipinski definition) is 1. The third-order valence-corrected chi connectivity index (χ3v) is 2.89. The highest BCUT2D eigenvalue weighted by molar-refractivity contribution is 9.10. The largest absolute Gasteiger partial charge is 0.490 e. The van der Waals surface area contributed by atoms with E-state index in [0.29, 0.717) is 13.2 Å². The van der Waals surface area contributed by atoms with E-state index in [1.807, 2.05) is 18.2 Å². The fraction of sp³-hybridized carbons (Fsp3) is 0.400. The first-order chi connectivity index (χ1) is 6.83. The summed E-state index contributed by atoms with van der Waals surface area (Å²) >= 11 is 3.49. The molecule has 0 saturated heterocycles. The first kappa shape index (κ1) is 9.80. The second-order valence-corrected chi connectivity index (χ2v) is 4.00. The van der Waals surface area contributed by atoms with Gasteiger partial charge in [0.1, 0.15) is 12.4 Å². The quantitative estimate of drug-likeness (QED) is 0.875. The lowest BCUT2D eigenvalue weighted by molar-refractivity contribution is 0.278. The second-order valence-electron chi connectivity index (χ2n) is 3.15.